The summed E-state index contributed by atoms with van der Waals surface area (Å²) in [6.07, 6.45) is 0.532. The van der Waals surface area contributed by atoms with E-state index in [0.29, 0.717) is 17.9 Å². The second-order valence-corrected chi connectivity index (χ2v) is 5.63. The molecule has 0 atom stereocenters. The first-order valence-corrected chi connectivity index (χ1v) is 7.78. The molecule has 6 nitrogen and oxygen atoms in total. The summed E-state index contributed by atoms with van der Waals surface area (Å²) in [4.78, 5) is 8.22. The van der Waals surface area contributed by atoms with Gasteiger partial charge in [0.1, 0.15) is 23.1 Å². The average Bonchev–Trinajstić information content (AvgIpc) is 2.91. The van der Waals surface area contributed by atoms with Gasteiger partial charge in [-0.2, -0.15) is 10.1 Å². The molecule has 0 aliphatic rings. The smallest absolute Gasteiger partial charge is 0.249 e. The topological polar surface area (TPSA) is 78.9 Å². The Hall–Kier alpha value is -2.74. The minimum atomic E-state index is -0.730. The number of aryl methyl sites for hydroxylation is 2. The minimum absolute atomic E-state index is 0.0508. The number of ether oxygens (including phenoxy) is 1. The molecule has 2 heterocycles. The van der Waals surface area contributed by atoms with E-state index >= 15 is 0 Å². The third kappa shape index (κ3) is 3.53. The van der Waals surface area contributed by atoms with Crippen molar-refractivity contribution in [1.29, 1.82) is 0 Å². The summed E-state index contributed by atoms with van der Waals surface area (Å²) in [5.41, 5.74) is 6.67. The van der Waals surface area contributed by atoms with Crippen LogP contribution in [0.2, 0.25) is 5.15 Å². The normalized spacial score (nSPS) is 10.9. The maximum Gasteiger partial charge on any atom is 0.249 e. The Kier molecular flexibility index (Phi) is 4.54. The van der Waals surface area contributed by atoms with Crippen molar-refractivity contribution in [2.24, 2.45) is 0 Å². The molecule has 0 spiro atoms. The highest BCUT2D eigenvalue weighted by atomic mass is 35.5. The average molecular weight is 366 g/mol. The molecular formula is C16H14ClF2N5O. The second kappa shape index (κ2) is 6.64. The first-order chi connectivity index (χ1) is 11.9. The summed E-state index contributed by atoms with van der Waals surface area (Å²) in [6.45, 7) is 3.57. The van der Waals surface area contributed by atoms with Crippen LogP contribution in [0.5, 0.6) is 11.8 Å². The fourth-order valence-electron chi connectivity index (χ4n) is 2.19. The predicted molar refractivity (Wildman–Crippen MR) is 89.1 cm³/mol. The molecule has 0 saturated heterocycles. The third-order valence-electron chi connectivity index (χ3n) is 3.32. The number of hydrogen-bond acceptors (Lipinski definition) is 5. The zero-order valence-electron chi connectivity index (χ0n) is 13.4. The standard InChI is InChI=1S/C16H14ClF2N5O/c1-3-12-21-15(17)14(20)16(22-12)25-13-4-8(2)23-24(13)11-6-9(18)5-10(19)7-11/h4-7H,3,20H2,1-2H3. The molecule has 0 radical (unpaired) electrons. The van der Waals surface area contributed by atoms with E-state index in [4.69, 9.17) is 22.1 Å². The van der Waals surface area contributed by atoms with Crippen LogP contribution in [0.4, 0.5) is 14.5 Å². The van der Waals surface area contributed by atoms with Crippen LogP contribution in [-0.2, 0) is 6.42 Å². The third-order valence-corrected chi connectivity index (χ3v) is 3.61. The summed E-state index contributed by atoms with van der Waals surface area (Å²) in [5, 5.41) is 4.27. The maximum absolute atomic E-state index is 13.5. The van der Waals surface area contributed by atoms with Crippen LogP contribution in [0.15, 0.2) is 24.3 Å². The van der Waals surface area contributed by atoms with E-state index in [1.54, 1.807) is 13.0 Å². The number of nitrogens with zero attached hydrogens (tertiary/aromatic N) is 4. The van der Waals surface area contributed by atoms with Gasteiger partial charge < -0.3 is 10.5 Å². The first-order valence-electron chi connectivity index (χ1n) is 7.40. The van der Waals surface area contributed by atoms with Gasteiger partial charge in [0.15, 0.2) is 5.15 Å². The highest BCUT2D eigenvalue weighted by Gasteiger charge is 2.17. The Morgan fingerprint density at radius 2 is 1.84 bits per heavy atom. The number of anilines is 1. The van der Waals surface area contributed by atoms with E-state index in [-0.39, 0.29) is 28.3 Å². The van der Waals surface area contributed by atoms with Crippen molar-refractivity contribution in [3.8, 4) is 17.4 Å². The Labute approximate surface area is 147 Å². The lowest BCUT2D eigenvalue weighted by molar-refractivity contribution is 0.426. The second-order valence-electron chi connectivity index (χ2n) is 5.27. The van der Waals surface area contributed by atoms with Gasteiger partial charge in [-0.05, 0) is 19.1 Å². The van der Waals surface area contributed by atoms with Gasteiger partial charge in [-0.25, -0.2) is 18.4 Å². The predicted octanol–water partition coefficient (Wildman–Crippen LogP) is 3.84. The number of nitrogens with two attached hydrogens (primary N) is 1. The zero-order chi connectivity index (χ0) is 18.1. The monoisotopic (exact) mass is 365 g/mol. The lowest BCUT2D eigenvalue weighted by Crippen LogP contribution is -2.05. The summed E-state index contributed by atoms with van der Waals surface area (Å²) < 4.78 is 34.0. The van der Waals surface area contributed by atoms with Crippen molar-refractivity contribution >= 4 is 17.3 Å². The Morgan fingerprint density at radius 3 is 2.48 bits per heavy atom. The lowest BCUT2D eigenvalue weighted by atomic mass is 10.3. The Bertz CT molecular complexity index is 924. The van der Waals surface area contributed by atoms with E-state index in [2.05, 4.69) is 15.1 Å². The molecule has 9 heteroatoms. The van der Waals surface area contributed by atoms with Crippen LogP contribution >= 0.6 is 11.6 Å². The van der Waals surface area contributed by atoms with Crippen molar-refractivity contribution < 1.29 is 13.5 Å². The lowest BCUT2D eigenvalue weighted by Gasteiger charge is -2.11. The van der Waals surface area contributed by atoms with Gasteiger partial charge in [0.05, 0.1) is 11.4 Å². The molecule has 3 aromatic rings. The van der Waals surface area contributed by atoms with Gasteiger partial charge in [-0.3, -0.25) is 0 Å². The van der Waals surface area contributed by atoms with E-state index in [9.17, 15) is 8.78 Å². The van der Waals surface area contributed by atoms with Gasteiger partial charge in [0.25, 0.3) is 0 Å². The fourth-order valence-corrected chi connectivity index (χ4v) is 2.37. The molecule has 0 bridgehead atoms. The summed E-state index contributed by atoms with van der Waals surface area (Å²) in [5.74, 6) is -0.770. The van der Waals surface area contributed by atoms with Gasteiger partial charge in [-0.1, -0.05) is 18.5 Å². The molecule has 0 unspecified atom stereocenters. The molecule has 2 aromatic heterocycles. The zero-order valence-corrected chi connectivity index (χ0v) is 14.2. The molecule has 25 heavy (non-hydrogen) atoms. The van der Waals surface area contributed by atoms with E-state index in [1.807, 2.05) is 6.92 Å². The van der Waals surface area contributed by atoms with Crippen molar-refractivity contribution in [2.45, 2.75) is 20.3 Å². The molecule has 0 amide bonds. The molecule has 2 N–H and O–H groups in total. The summed E-state index contributed by atoms with van der Waals surface area (Å²) in [6, 6.07) is 4.63. The molecule has 0 aliphatic carbocycles. The van der Waals surface area contributed by atoms with Crippen molar-refractivity contribution in [3.05, 3.63) is 52.6 Å². The Morgan fingerprint density at radius 1 is 1.16 bits per heavy atom. The van der Waals surface area contributed by atoms with Crippen LogP contribution < -0.4 is 10.5 Å². The number of hydrogen-bond donors (Lipinski definition) is 1. The molecule has 130 valence electrons. The van der Waals surface area contributed by atoms with Crippen molar-refractivity contribution in [3.63, 3.8) is 0 Å². The fraction of sp³-hybridized carbons (Fsp3) is 0.188. The van der Waals surface area contributed by atoms with Gasteiger partial charge in [0, 0.05) is 18.6 Å². The molecule has 0 fully saturated rings. The molecule has 0 aliphatic heterocycles. The Balaban J connectivity index is 2.07. The number of benzene rings is 1. The molecular weight excluding hydrogens is 352 g/mol. The van der Waals surface area contributed by atoms with Crippen LogP contribution in [0.1, 0.15) is 18.4 Å². The summed E-state index contributed by atoms with van der Waals surface area (Å²) in [7, 11) is 0. The van der Waals surface area contributed by atoms with Crippen molar-refractivity contribution in [1.82, 2.24) is 19.7 Å². The van der Waals surface area contributed by atoms with Crippen molar-refractivity contribution in [2.75, 3.05) is 5.73 Å². The molecule has 1 aromatic carbocycles. The first kappa shape index (κ1) is 17.1. The van der Waals surface area contributed by atoms with Crippen LogP contribution in [0.25, 0.3) is 5.69 Å². The number of aromatic nitrogens is 4. The van der Waals surface area contributed by atoms with E-state index < -0.39 is 11.6 Å². The van der Waals surface area contributed by atoms with Crippen LogP contribution in [0.3, 0.4) is 0 Å². The number of nitrogen functional groups attached to an aromatic ring is 1. The molecule has 0 saturated carbocycles. The van der Waals surface area contributed by atoms with Crippen LogP contribution in [0, 0.1) is 18.6 Å². The minimum Gasteiger partial charge on any atom is -0.418 e. The number of rotatable bonds is 4. The van der Waals surface area contributed by atoms with Gasteiger partial charge in [-0.15, -0.1) is 0 Å². The maximum atomic E-state index is 13.5. The largest absolute Gasteiger partial charge is 0.418 e. The summed E-state index contributed by atoms with van der Waals surface area (Å²) >= 11 is 5.99. The highest BCUT2D eigenvalue weighted by molar-refractivity contribution is 6.32. The SMILES string of the molecule is CCc1nc(Cl)c(N)c(Oc2cc(C)nn2-c2cc(F)cc(F)c2)n1. The van der Waals surface area contributed by atoms with E-state index in [0.717, 1.165) is 18.2 Å². The number of halogens is 3. The van der Waals surface area contributed by atoms with Gasteiger partial charge in [0.2, 0.25) is 11.8 Å². The molecule has 3 rings (SSSR count). The quantitative estimate of drug-likeness (QED) is 0.711. The highest BCUT2D eigenvalue weighted by Crippen LogP contribution is 2.31. The van der Waals surface area contributed by atoms with E-state index in [1.165, 1.54) is 4.68 Å². The van der Waals surface area contributed by atoms with Crippen LogP contribution in [-0.4, -0.2) is 19.7 Å². The van der Waals surface area contributed by atoms with Gasteiger partial charge >= 0.3 is 0 Å².